The number of aliphatic carboxylic acids is 1. The average Bonchev–Trinajstić information content (AvgIpc) is 3.00. The van der Waals surface area contributed by atoms with E-state index >= 15 is 0 Å². The smallest absolute Gasteiger partial charge is 0.487 e. The van der Waals surface area contributed by atoms with Gasteiger partial charge >= 0.3 is 18.1 Å². The summed E-state index contributed by atoms with van der Waals surface area (Å²) in [6, 6.07) is 11.8. The largest absolute Gasteiger partial charge is 0.490 e. The number of aromatic nitrogens is 1. The fraction of sp³-hybridized carbons (Fsp3) is 0.375. The summed E-state index contributed by atoms with van der Waals surface area (Å²) in [7, 11) is 0. The van der Waals surface area contributed by atoms with Gasteiger partial charge in [0.1, 0.15) is 24.7 Å². The van der Waals surface area contributed by atoms with Gasteiger partial charge in [0.25, 0.3) is 0 Å². The second-order valence-electron chi connectivity index (χ2n) is 5.29. The zero-order chi connectivity index (χ0) is 19.0. The first kappa shape index (κ1) is 19.6. The Morgan fingerprint density at radius 3 is 2.50 bits per heavy atom. The Kier molecular flexibility index (Phi) is 6.84. The van der Waals surface area contributed by atoms with Gasteiger partial charge in [-0.25, -0.2) is 4.79 Å². The lowest BCUT2D eigenvalue weighted by Gasteiger charge is -2.26. The molecule has 10 heteroatoms. The molecule has 3 rings (SSSR count). The monoisotopic (exact) mass is 374 g/mol. The molecule has 0 radical (unpaired) electrons. The van der Waals surface area contributed by atoms with Crippen LogP contribution < -0.4 is 14.8 Å². The number of para-hydroxylation sites is 1. The van der Waals surface area contributed by atoms with Crippen LogP contribution in [0.15, 0.2) is 40.9 Å². The SMILES string of the molecule is O=C(O)C(F)(F)F.c1ccc(OCc2cc(OC[C@@H]3CCN3)on2)cc1. The fourth-order valence-corrected chi connectivity index (χ4v) is 1.78. The van der Waals surface area contributed by atoms with Crippen molar-refractivity contribution in [2.45, 2.75) is 25.2 Å². The van der Waals surface area contributed by atoms with Crippen LogP contribution in [0.1, 0.15) is 12.1 Å². The molecule has 142 valence electrons. The summed E-state index contributed by atoms with van der Waals surface area (Å²) in [6.45, 7) is 2.06. The van der Waals surface area contributed by atoms with Crippen LogP contribution in [-0.2, 0) is 11.4 Å². The third-order valence-electron chi connectivity index (χ3n) is 3.26. The molecule has 0 spiro atoms. The van der Waals surface area contributed by atoms with E-state index in [0.717, 1.165) is 24.4 Å². The van der Waals surface area contributed by atoms with Gasteiger partial charge in [-0.15, -0.1) is 0 Å². The van der Waals surface area contributed by atoms with Crippen molar-refractivity contribution in [2.75, 3.05) is 13.2 Å². The summed E-state index contributed by atoms with van der Waals surface area (Å²) >= 11 is 0. The Hall–Kier alpha value is -2.75. The van der Waals surface area contributed by atoms with Gasteiger partial charge in [-0.1, -0.05) is 23.4 Å². The molecule has 2 aromatic rings. The number of nitrogens with zero attached hydrogens (tertiary/aromatic N) is 1. The standard InChI is InChI=1S/C14H16N2O3.C2HF3O2/c1-2-4-13(5-3-1)17-10-12-8-14(19-16-12)18-9-11-6-7-15-11;3-2(4,5)1(6)7/h1-5,8,11,15H,6-7,9-10H2;(H,6,7)/t11-;/m0./s1. The Morgan fingerprint density at radius 1 is 1.31 bits per heavy atom. The van der Waals surface area contributed by atoms with E-state index in [1.165, 1.54) is 0 Å². The van der Waals surface area contributed by atoms with Gasteiger partial charge in [0, 0.05) is 12.1 Å². The molecule has 0 amide bonds. The van der Waals surface area contributed by atoms with E-state index in [0.29, 0.717) is 25.2 Å². The van der Waals surface area contributed by atoms with Gasteiger partial charge in [0.2, 0.25) is 0 Å². The minimum atomic E-state index is -5.08. The number of benzene rings is 1. The minimum absolute atomic E-state index is 0.374. The number of hydrogen-bond acceptors (Lipinski definition) is 6. The van der Waals surface area contributed by atoms with Crippen molar-refractivity contribution in [2.24, 2.45) is 0 Å². The normalized spacial score (nSPS) is 16.0. The Balaban J connectivity index is 0.000000298. The van der Waals surface area contributed by atoms with Crippen molar-refractivity contribution in [3.8, 4) is 11.7 Å². The molecule has 0 bridgehead atoms. The van der Waals surface area contributed by atoms with Gasteiger partial charge in [0.05, 0.1) is 0 Å². The first-order valence-electron chi connectivity index (χ1n) is 7.64. The van der Waals surface area contributed by atoms with Crippen molar-refractivity contribution in [1.29, 1.82) is 0 Å². The molecule has 2 heterocycles. The molecule has 1 saturated heterocycles. The molecule has 26 heavy (non-hydrogen) atoms. The lowest BCUT2D eigenvalue weighted by molar-refractivity contribution is -0.192. The predicted molar refractivity (Wildman–Crippen MR) is 82.9 cm³/mol. The summed E-state index contributed by atoms with van der Waals surface area (Å²) < 4.78 is 47.9. The minimum Gasteiger partial charge on any atom is -0.487 e. The molecular weight excluding hydrogens is 357 g/mol. The van der Waals surface area contributed by atoms with Crippen molar-refractivity contribution in [1.82, 2.24) is 10.5 Å². The molecule has 1 aliphatic rings. The van der Waals surface area contributed by atoms with Gasteiger partial charge in [-0.2, -0.15) is 13.2 Å². The summed E-state index contributed by atoms with van der Waals surface area (Å²) in [5.41, 5.74) is 0.723. The second-order valence-corrected chi connectivity index (χ2v) is 5.29. The maximum Gasteiger partial charge on any atom is 0.490 e. The van der Waals surface area contributed by atoms with Gasteiger partial charge in [0.15, 0.2) is 0 Å². The van der Waals surface area contributed by atoms with E-state index < -0.39 is 12.1 Å². The lowest BCUT2D eigenvalue weighted by Crippen LogP contribution is -2.46. The van der Waals surface area contributed by atoms with E-state index in [9.17, 15) is 13.2 Å². The Bertz CT molecular complexity index is 687. The number of alkyl halides is 3. The van der Waals surface area contributed by atoms with Crippen molar-refractivity contribution >= 4 is 5.97 Å². The number of carbonyl (C=O) groups is 1. The number of carboxylic acid groups (broad SMARTS) is 1. The molecule has 1 fully saturated rings. The van der Waals surface area contributed by atoms with E-state index in [2.05, 4.69) is 10.5 Å². The molecule has 1 atom stereocenters. The zero-order valence-electron chi connectivity index (χ0n) is 13.5. The highest BCUT2D eigenvalue weighted by Crippen LogP contribution is 2.16. The molecule has 1 aliphatic heterocycles. The van der Waals surface area contributed by atoms with Crippen LogP contribution in [0.3, 0.4) is 0 Å². The van der Waals surface area contributed by atoms with Crippen molar-refractivity contribution in [3.05, 3.63) is 42.1 Å². The van der Waals surface area contributed by atoms with Crippen LogP contribution in [0.2, 0.25) is 0 Å². The maximum absolute atomic E-state index is 10.6. The maximum atomic E-state index is 10.6. The molecular formula is C16H17F3N2O5. The number of hydrogen-bond donors (Lipinski definition) is 2. The van der Waals surface area contributed by atoms with Crippen LogP contribution >= 0.6 is 0 Å². The first-order chi connectivity index (χ1) is 12.3. The summed E-state index contributed by atoms with van der Waals surface area (Å²) in [6.07, 6.45) is -3.93. The van der Waals surface area contributed by atoms with E-state index in [-0.39, 0.29) is 0 Å². The molecule has 1 aromatic carbocycles. The van der Waals surface area contributed by atoms with Gasteiger partial charge < -0.3 is 24.4 Å². The molecule has 2 N–H and O–H groups in total. The number of nitrogens with one attached hydrogen (secondary N) is 1. The van der Waals surface area contributed by atoms with Crippen LogP contribution in [0.4, 0.5) is 13.2 Å². The van der Waals surface area contributed by atoms with E-state index in [1.807, 2.05) is 30.3 Å². The predicted octanol–water partition coefficient (Wildman–Crippen LogP) is 2.63. The number of ether oxygens (including phenoxy) is 2. The molecule has 1 aromatic heterocycles. The highest BCUT2D eigenvalue weighted by Gasteiger charge is 2.38. The van der Waals surface area contributed by atoms with Crippen molar-refractivity contribution in [3.63, 3.8) is 0 Å². The summed E-state index contributed by atoms with van der Waals surface area (Å²) in [5.74, 6) is -1.50. The van der Waals surface area contributed by atoms with E-state index in [4.69, 9.17) is 23.9 Å². The topological polar surface area (TPSA) is 93.8 Å². The summed E-state index contributed by atoms with van der Waals surface area (Å²) in [4.78, 5) is 8.90. The zero-order valence-corrected chi connectivity index (χ0v) is 13.5. The quantitative estimate of drug-likeness (QED) is 0.803. The third-order valence-corrected chi connectivity index (χ3v) is 3.26. The Labute approximate surface area is 146 Å². The average molecular weight is 374 g/mol. The van der Waals surface area contributed by atoms with Crippen molar-refractivity contribution < 1.29 is 37.1 Å². The fourth-order valence-electron chi connectivity index (χ4n) is 1.78. The number of rotatable bonds is 6. The van der Waals surface area contributed by atoms with Crippen LogP contribution in [0.25, 0.3) is 0 Å². The lowest BCUT2D eigenvalue weighted by atomic mass is 10.1. The van der Waals surface area contributed by atoms with Crippen LogP contribution in [0, 0.1) is 0 Å². The Morgan fingerprint density at radius 2 is 1.96 bits per heavy atom. The summed E-state index contributed by atoms with van der Waals surface area (Å²) in [5, 5.41) is 14.3. The second kappa shape index (κ2) is 9.09. The van der Waals surface area contributed by atoms with Crippen LogP contribution in [0.5, 0.6) is 11.7 Å². The third kappa shape index (κ3) is 6.63. The molecule has 0 saturated carbocycles. The van der Waals surface area contributed by atoms with E-state index in [1.54, 1.807) is 6.07 Å². The first-order valence-corrected chi connectivity index (χ1v) is 7.64. The highest BCUT2D eigenvalue weighted by molar-refractivity contribution is 5.73. The molecule has 7 nitrogen and oxygen atoms in total. The molecule has 0 unspecified atom stereocenters. The van der Waals surface area contributed by atoms with Crippen LogP contribution in [-0.4, -0.2) is 41.6 Å². The highest BCUT2D eigenvalue weighted by atomic mass is 19.4. The van der Waals surface area contributed by atoms with Gasteiger partial charge in [-0.3, -0.25) is 0 Å². The number of halogens is 3. The molecule has 0 aliphatic carbocycles. The number of carboxylic acids is 1. The van der Waals surface area contributed by atoms with Gasteiger partial charge in [-0.05, 0) is 25.1 Å².